The molecule has 0 radical (unpaired) electrons. The molecule has 3 heteroatoms. The highest BCUT2D eigenvalue weighted by atomic mass is 16.4. The third kappa shape index (κ3) is 2.84. The topological polar surface area (TPSA) is 40.5 Å². The molecule has 1 N–H and O–H groups in total. The van der Waals surface area contributed by atoms with E-state index in [2.05, 4.69) is 11.8 Å². The van der Waals surface area contributed by atoms with Crippen LogP contribution in [0.4, 0.5) is 0 Å². The molecule has 0 bridgehead atoms. The largest absolute Gasteiger partial charge is 0.478 e. The van der Waals surface area contributed by atoms with Gasteiger partial charge in [-0.25, -0.2) is 4.79 Å². The van der Waals surface area contributed by atoms with Crippen molar-refractivity contribution in [3.63, 3.8) is 0 Å². The summed E-state index contributed by atoms with van der Waals surface area (Å²) in [6.45, 7) is 5.71. The molecule has 74 valence electrons. The third-order valence-electron chi connectivity index (χ3n) is 2.66. The Morgan fingerprint density at radius 3 is 2.85 bits per heavy atom. The molecule has 0 aromatic rings. The Kier molecular flexibility index (Phi) is 3.48. The Hall–Kier alpha value is -0.830. The lowest BCUT2D eigenvalue weighted by Gasteiger charge is -2.18. The van der Waals surface area contributed by atoms with Gasteiger partial charge in [0.15, 0.2) is 0 Å². The lowest BCUT2D eigenvalue weighted by molar-refractivity contribution is -0.132. The number of hydrogen-bond acceptors (Lipinski definition) is 2. The van der Waals surface area contributed by atoms with Crippen molar-refractivity contribution in [1.82, 2.24) is 4.90 Å². The average Bonchev–Trinajstić information content (AvgIpc) is 2.47. The zero-order chi connectivity index (χ0) is 9.84. The predicted molar refractivity (Wildman–Crippen MR) is 51.7 cm³/mol. The van der Waals surface area contributed by atoms with Gasteiger partial charge >= 0.3 is 5.97 Å². The van der Waals surface area contributed by atoms with Crippen LogP contribution in [0.2, 0.25) is 0 Å². The van der Waals surface area contributed by atoms with Crippen LogP contribution in [-0.2, 0) is 4.79 Å². The molecule has 1 heterocycles. The van der Waals surface area contributed by atoms with Crippen molar-refractivity contribution in [1.29, 1.82) is 0 Å². The fourth-order valence-corrected chi connectivity index (χ4v) is 1.61. The van der Waals surface area contributed by atoms with Gasteiger partial charge in [-0.2, -0.15) is 0 Å². The molecule has 1 fully saturated rings. The molecule has 0 spiro atoms. The normalized spacial score (nSPS) is 25.1. The van der Waals surface area contributed by atoms with Crippen LogP contribution < -0.4 is 0 Å². The monoisotopic (exact) mass is 183 g/mol. The first-order valence-electron chi connectivity index (χ1n) is 4.75. The van der Waals surface area contributed by atoms with Crippen molar-refractivity contribution in [2.24, 2.45) is 0 Å². The van der Waals surface area contributed by atoms with Crippen molar-refractivity contribution >= 4 is 5.97 Å². The Balaban J connectivity index is 2.41. The maximum absolute atomic E-state index is 10.5. The molecule has 0 aromatic carbocycles. The van der Waals surface area contributed by atoms with Crippen LogP contribution in [0.15, 0.2) is 11.6 Å². The van der Waals surface area contributed by atoms with E-state index >= 15 is 0 Å². The van der Waals surface area contributed by atoms with Gasteiger partial charge in [-0.15, -0.1) is 0 Å². The molecule has 0 aliphatic carbocycles. The summed E-state index contributed by atoms with van der Waals surface area (Å²) in [5.74, 6) is -0.813. The second kappa shape index (κ2) is 4.42. The minimum Gasteiger partial charge on any atom is -0.478 e. The quantitative estimate of drug-likeness (QED) is 0.674. The standard InChI is InChI=1S/C10H17NO2/c1-8(10(12)13)5-7-11-6-3-4-9(11)2/h5,9H,3-4,6-7H2,1-2H3,(H,12,13). The van der Waals surface area contributed by atoms with Crippen LogP contribution in [0.25, 0.3) is 0 Å². The van der Waals surface area contributed by atoms with Crippen LogP contribution in [0.5, 0.6) is 0 Å². The van der Waals surface area contributed by atoms with Crippen molar-refractivity contribution in [2.75, 3.05) is 13.1 Å². The highest BCUT2D eigenvalue weighted by molar-refractivity contribution is 5.85. The van der Waals surface area contributed by atoms with Crippen molar-refractivity contribution in [3.8, 4) is 0 Å². The number of aliphatic carboxylic acids is 1. The molecule has 1 rings (SSSR count). The van der Waals surface area contributed by atoms with Crippen LogP contribution >= 0.6 is 0 Å². The maximum atomic E-state index is 10.5. The second-order valence-corrected chi connectivity index (χ2v) is 3.68. The molecule has 0 amide bonds. The van der Waals surface area contributed by atoms with Gasteiger partial charge in [-0.05, 0) is 33.2 Å². The van der Waals surface area contributed by atoms with Crippen LogP contribution in [0.3, 0.4) is 0 Å². The van der Waals surface area contributed by atoms with Gasteiger partial charge in [-0.3, -0.25) is 4.90 Å². The number of carboxylic acid groups (broad SMARTS) is 1. The summed E-state index contributed by atoms with van der Waals surface area (Å²) in [4.78, 5) is 12.8. The number of nitrogens with zero attached hydrogens (tertiary/aromatic N) is 1. The van der Waals surface area contributed by atoms with E-state index in [-0.39, 0.29) is 0 Å². The lowest BCUT2D eigenvalue weighted by atomic mass is 10.2. The fourth-order valence-electron chi connectivity index (χ4n) is 1.61. The predicted octanol–water partition coefficient (Wildman–Crippen LogP) is 1.50. The smallest absolute Gasteiger partial charge is 0.330 e. The Morgan fingerprint density at radius 1 is 1.69 bits per heavy atom. The van der Waals surface area contributed by atoms with Crippen LogP contribution in [0, 0.1) is 0 Å². The number of carboxylic acids is 1. The minimum atomic E-state index is -0.813. The van der Waals surface area contributed by atoms with E-state index in [1.54, 1.807) is 13.0 Å². The zero-order valence-corrected chi connectivity index (χ0v) is 8.29. The summed E-state index contributed by atoms with van der Waals surface area (Å²) >= 11 is 0. The molecule has 3 nitrogen and oxygen atoms in total. The number of likely N-dealkylation sites (tertiary alicyclic amines) is 1. The summed E-state index contributed by atoms with van der Waals surface area (Å²) in [6.07, 6.45) is 4.27. The summed E-state index contributed by atoms with van der Waals surface area (Å²) in [7, 11) is 0. The number of rotatable bonds is 3. The molecule has 0 aromatic heterocycles. The lowest BCUT2D eigenvalue weighted by Crippen LogP contribution is -2.27. The first kappa shape index (κ1) is 10.3. The first-order valence-corrected chi connectivity index (χ1v) is 4.75. The second-order valence-electron chi connectivity index (χ2n) is 3.68. The van der Waals surface area contributed by atoms with Crippen molar-refractivity contribution in [3.05, 3.63) is 11.6 Å². The van der Waals surface area contributed by atoms with Gasteiger partial charge in [0.05, 0.1) is 0 Å². The SMILES string of the molecule is CC(=CCN1CCCC1C)C(=O)O. The van der Waals surface area contributed by atoms with E-state index in [1.807, 2.05) is 0 Å². The van der Waals surface area contributed by atoms with Gasteiger partial charge < -0.3 is 5.11 Å². The molecule has 1 atom stereocenters. The van der Waals surface area contributed by atoms with Gasteiger partial charge in [0.1, 0.15) is 0 Å². The molecule has 13 heavy (non-hydrogen) atoms. The molecule has 1 unspecified atom stereocenters. The average molecular weight is 183 g/mol. The van der Waals surface area contributed by atoms with Gasteiger partial charge in [0, 0.05) is 18.2 Å². The van der Waals surface area contributed by atoms with Gasteiger partial charge in [-0.1, -0.05) is 6.08 Å². The van der Waals surface area contributed by atoms with Gasteiger partial charge in [0.25, 0.3) is 0 Å². The van der Waals surface area contributed by atoms with E-state index in [9.17, 15) is 4.79 Å². The number of carbonyl (C=O) groups is 1. The van der Waals surface area contributed by atoms with Gasteiger partial charge in [0.2, 0.25) is 0 Å². The van der Waals surface area contributed by atoms with Crippen molar-refractivity contribution < 1.29 is 9.90 Å². The Labute approximate surface area is 79.0 Å². The Morgan fingerprint density at radius 2 is 2.38 bits per heavy atom. The van der Waals surface area contributed by atoms with E-state index in [0.29, 0.717) is 11.6 Å². The van der Waals surface area contributed by atoms with Crippen LogP contribution in [-0.4, -0.2) is 35.1 Å². The summed E-state index contributed by atoms with van der Waals surface area (Å²) < 4.78 is 0. The van der Waals surface area contributed by atoms with E-state index in [0.717, 1.165) is 13.1 Å². The Bertz CT molecular complexity index is 223. The molecule has 0 saturated carbocycles. The molecule has 1 saturated heterocycles. The molecule has 1 aliphatic rings. The van der Waals surface area contributed by atoms with E-state index in [4.69, 9.17) is 5.11 Å². The summed E-state index contributed by atoms with van der Waals surface area (Å²) in [5, 5.41) is 8.64. The van der Waals surface area contributed by atoms with Crippen LogP contribution in [0.1, 0.15) is 26.7 Å². The fraction of sp³-hybridized carbons (Fsp3) is 0.700. The number of hydrogen-bond donors (Lipinski definition) is 1. The third-order valence-corrected chi connectivity index (χ3v) is 2.66. The summed E-state index contributed by atoms with van der Waals surface area (Å²) in [5.41, 5.74) is 0.444. The highest BCUT2D eigenvalue weighted by Gasteiger charge is 2.18. The van der Waals surface area contributed by atoms with E-state index < -0.39 is 5.97 Å². The maximum Gasteiger partial charge on any atom is 0.330 e. The highest BCUT2D eigenvalue weighted by Crippen LogP contribution is 2.15. The first-order chi connectivity index (χ1) is 6.11. The zero-order valence-electron chi connectivity index (χ0n) is 8.29. The van der Waals surface area contributed by atoms with Crippen molar-refractivity contribution in [2.45, 2.75) is 32.7 Å². The molecular formula is C10H17NO2. The summed E-state index contributed by atoms with van der Waals surface area (Å²) in [6, 6.07) is 0.609. The molecule has 1 aliphatic heterocycles. The van der Waals surface area contributed by atoms with E-state index in [1.165, 1.54) is 12.8 Å². The minimum absolute atomic E-state index is 0.444. The molecular weight excluding hydrogens is 166 g/mol.